The van der Waals surface area contributed by atoms with Crippen molar-refractivity contribution >= 4 is 17.8 Å². The lowest BCUT2D eigenvalue weighted by atomic mass is 10.1. The Bertz CT molecular complexity index is 744. The van der Waals surface area contributed by atoms with Crippen LogP contribution in [0.5, 0.6) is 5.75 Å². The predicted octanol–water partition coefficient (Wildman–Crippen LogP) is 3.70. The van der Waals surface area contributed by atoms with E-state index in [2.05, 4.69) is 10.5 Å². The van der Waals surface area contributed by atoms with Crippen LogP contribution in [-0.4, -0.2) is 25.8 Å². The summed E-state index contributed by atoms with van der Waals surface area (Å²) in [4.78, 5) is 16.5. The fourth-order valence-corrected chi connectivity index (χ4v) is 1.91. The number of para-hydroxylation sites is 1. The lowest BCUT2D eigenvalue weighted by Gasteiger charge is -2.12. The third kappa shape index (κ3) is 5.52. The third-order valence-electron chi connectivity index (χ3n) is 3.09. The van der Waals surface area contributed by atoms with Gasteiger partial charge in [-0.1, -0.05) is 17.3 Å². The third-order valence-corrected chi connectivity index (χ3v) is 3.09. The highest BCUT2D eigenvalue weighted by Crippen LogP contribution is 2.34. The van der Waals surface area contributed by atoms with Gasteiger partial charge in [-0.05, 0) is 42.0 Å². The van der Waals surface area contributed by atoms with E-state index in [4.69, 9.17) is 9.57 Å². The molecule has 0 radical (unpaired) electrons. The molecule has 1 amide bonds. The van der Waals surface area contributed by atoms with Crippen LogP contribution in [0.1, 0.15) is 11.1 Å². The Morgan fingerprint density at radius 2 is 1.84 bits per heavy atom. The van der Waals surface area contributed by atoms with E-state index in [1.54, 1.807) is 31.4 Å². The van der Waals surface area contributed by atoms with Crippen LogP contribution in [0.25, 0.3) is 0 Å². The number of methoxy groups -OCH3 is 1. The van der Waals surface area contributed by atoms with Gasteiger partial charge in [0.1, 0.15) is 5.75 Å². The summed E-state index contributed by atoms with van der Waals surface area (Å²) in [6.07, 6.45) is -3.19. The molecule has 0 saturated carbocycles. The van der Waals surface area contributed by atoms with Crippen LogP contribution in [0.2, 0.25) is 0 Å². The van der Waals surface area contributed by atoms with Crippen molar-refractivity contribution in [2.45, 2.75) is 6.18 Å². The second-order valence-electron chi connectivity index (χ2n) is 4.87. The normalized spacial score (nSPS) is 11.4. The van der Waals surface area contributed by atoms with E-state index >= 15 is 0 Å². The number of carbonyl (C=O) groups excluding carboxylic acids is 1. The molecular formula is C17H15F3N2O3. The monoisotopic (exact) mass is 352 g/mol. The molecule has 0 saturated heterocycles. The molecule has 5 nitrogen and oxygen atoms in total. The van der Waals surface area contributed by atoms with Crippen molar-refractivity contribution in [1.29, 1.82) is 0 Å². The summed E-state index contributed by atoms with van der Waals surface area (Å²) in [5.74, 6) is -0.0654. The summed E-state index contributed by atoms with van der Waals surface area (Å²) in [5, 5.41) is 5.76. The molecule has 0 spiro atoms. The van der Waals surface area contributed by atoms with Crippen LogP contribution < -0.4 is 10.1 Å². The van der Waals surface area contributed by atoms with Crippen molar-refractivity contribution in [3.63, 3.8) is 0 Å². The maximum Gasteiger partial charge on any atom is 0.418 e. The topological polar surface area (TPSA) is 59.9 Å². The average Bonchev–Trinajstić information content (AvgIpc) is 2.59. The lowest BCUT2D eigenvalue weighted by Crippen LogP contribution is -2.20. The van der Waals surface area contributed by atoms with Gasteiger partial charge < -0.3 is 14.9 Å². The molecule has 0 bridgehead atoms. The minimum absolute atomic E-state index is 0.331. The highest BCUT2D eigenvalue weighted by Gasteiger charge is 2.33. The highest BCUT2D eigenvalue weighted by atomic mass is 19.4. The zero-order valence-corrected chi connectivity index (χ0v) is 13.2. The molecule has 0 fully saturated rings. The number of amides is 1. The minimum atomic E-state index is -4.56. The predicted molar refractivity (Wildman–Crippen MR) is 86.6 cm³/mol. The largest absolute Gasteiger partial charge is 0.497 e. The van der Waals surface area contributed by atoms with Crippen molar-refractivity contribution in [2.24, 2.45) is 5.16 Å². The smallest absolute Gasteiger partial charge is 0.418 e. The van der Waals surface area contributed by atoms with Gasteiger partial charge >= 0.3 is 6.18 Å². The van der Waals surface area contributed by atoms with E-state index in [1.165, 1.54) is 24.4 Å². The van der Waals surface area contributed by atoms with Crippen LogP contribution in [-0.2, 0) is 15.8 Å². The van der Waals surface area contributed by atoms with Crippen molar-refractivity contribution < 1.29 is 27.5 Å². The number of hydrogen-bond donors (Lipinski definition) is 1. The van der Waals surface area contributed by atoms with Crippen molar-refractivity contribution in [2.75, 3.05) is 19.0 Å². The first kappa shape index (κ1) is 18.3. The number of nitrogens with zero attached hydrogens (tertiary/aromatic N) is 1. The molecule has 1 N–H and O–H groups in total. The van der Waals surface area contributed by atoms with Gasteiger partial charge in [0.2, 0.25) is 0 Å². The molecular weight excluding hydrogens is 337 g/mol. The number of nitrogens with one attached hydrogen (secondary N) is 1. The van der Waals surface area contributed by atoms with Crippen LogP contribution in [0.15, 0.2) is 53.7 Å². The van der Waals surface area contributed by atoms with E-state index in [0.717, 1.165) is 6.07 Å². The van der Waals surface area contributed by atoms with Gasteiger partial charge in [0, 0.05) is 0 Å². The molecule has 25 heavy (non-hydrogen) atoms. The lowest BCUT2D eigenvalue weighted by molar-refractivity contribution is -0.137. The fourth-order valence-electron chi connectivity index (χ4n) is 1.91. The summed E-state index contributed by atoms with van der Waals surface area (Å²) in [7, 11) is 1.54. The number of alkyl halides is 3. The Morgan fingerprint density at radius 3 is 2.48 bits per heavy atom. The zero-order valence-electron chi connectivity index (χ0n) is 13.2. The maximum absolute atomic E-state index is 12.8. The Morgan fingerprint density at radius 1 is 1.16 bits per heavy atom. The van der Waals surface area contributed by atoms with Gasteiger partial charge in [-0.2, -0.15) is 13.2 Å². The number of oxime groups is 1. The van der Waals surface area contributed by atoms with E-state index in [-0.39, 0.29) is 5.69 Å². The number of hydrogen-bond acceptors (Lipinski definition) is 4. The molecule has 0 aliphatic carbocycles. The van der Waals surface area contributed by atoms with Crippen LogP contribution in [0, 0.1) is 0 Å². The second kappa shape index (κ2) is 8.18. The van der Waals surface area contributed by atoms with E-state index in [9.17, 15) is 18.0 Å². The first-order valence-corrected chi connectivity index (χ1v) is 7.15. The quantitative estimate of drug-likeness (QED) is 0.637. The molecule has 0 atom stereocenters. The summed E-state index contributed by atoms with van der Waals surface area (Å²) in [6, 6.07) is 11.6. The molecule has 0 aromatic heterocycles. The average molecular weight is 352 g/mol. The summed E-state index contributed by atoms with van der Waals surface area (Å²) in [5.41, 5.74) is -0.545. The maximum atomic E-state index is 12.8. The molecule has 0 aliphatic rings. The van der Waals surface area contributed by atoms with Crippen molar-refractivity contribution in [3.8, 4) is 5.75 Å². The van der Waals surface area contributed by atoms with E-state index < -0.39 is 24.3 Å². The number of rotatable bonds is 6. The number of benzene rings is 2. The Hall–Kier alpha value is -3.03. The van der Waals surface area contributed by atoms with Crippen LogP contribution in [0.3, 0.4) is 0 Å². The standard InChI is InChI=1S/C17H15F3N2O3/c1-24-13-8-6-12(7-9-13)10-21-25-11-16(23)22-15-5-3-2-4-14(15)17(18,19)20/h2-10H,11H2,1H3,(H,22,23). The van der Waals surface area contributed by atoms with Crippen molar-refractivity contribution in [1.82, 2.24) is 0 Å². The Kier molecular flexibility index (Phi) is 5.99. The highest BCUT2D eigenvalue weighted by molar-refractivity contribution is 5.92. The molecule has 8 heteroatoms. The Balaban J connectivity index is 1.88. The van der Waals surface area contributed by atoms with Gasteiger partial charge in [-0.25, -0.2) is 0 Å². The van der Waals surface area contributed by atoms with Crippen LogP contribution in [0.4, 0.5) is 18.9 Å². The number of anilines is 1. The van der Waals surface area contributed by atoms with Gasteiger partial charge in [0.05, 0.1) is 24.6 Å². The first-order valence-electron chi connectivity index (χ1n) is 7.15. The molecule has 0 heterocycles. The van der Waals surface area contributed by atoms with Gasteiger partial charge in [0.25, 0.3) is 5.91 Å². The number of ether oxygens (including phenoxy) is 1. The zero-order chi connectivity index (χ0) is 18.3. The first-order chi connectivity index (χ1) is 11.9. The SMILES string of the molecule is COc1ccc(C=NOCC(=O)Nc2ccccc2C(F)(F)F)cc1. The molecule has 2 rings (SSSR count). The van der Waals surface area contributed by atoms with Gasteiger partial charge in [0.15, 0.2) is 6.61 Å². The molecule has 2 aromatic rings. The van der Waals surface area contributed by atoms with Crippen molar-refractivity contribution in [3.05, 3.63) is 59.7 Å². The summed E-state index contributed by atoms with van der Waals surface area (Å²) < 4.78 is 43.5. The minimum Gasteiger partial charge on any atom is -0.497 e. The Labute approximate surface area is 142 Å². The number of carbonyl (C=O) groups is 1. The fraction of sp³-hybridized carbons (Fsp3) is 0.176. The van der Waals surface area contributed by atoms with Crippen LogP contribution >= 0.6 is 0 Å². The van der Waals surface area contributed by atoms with E-state index in [1.807, 2.05) is 0 Å². The number of halogens is 3. The van der Waals surface area contributed by atoms with E-state index in [0.29, 0.717) is 11.3 Å². The molecule has 0 aliphatic heterocycles. The summed E-state index contributed by atoms with van der Waals surface area (Å²) in [6.45, 7) is -0.515. The van der Waals surface area contributed by atoms with Gasteiger partial charge in [-0.3, -0.25) is 4.79 Å². The summed E-state index contributed by atoms with van der Waals surface area (Å²) >= 11 is 0. The molecule has 132 valence electrons. The molecule has 2 aromatic carbocycles. The van der Waals surface area contributed by atoms with Gasteiger partial charge in [-0.15, -0.1) is 0 Å². The second-order valence-corrected chi connectivity index (χ2v) is 4.87. The molecule has 0 unspecified atom stereocenters.